The molecule has 0 aromatic carbocycles. The van der Waals surface area contributed by atoms with Gasteiger partial charge in [-0.1, -0.05) is 27.7 Å². The smallest absolute Gasteiger partial charge is 0.341 e. The minimum atomic E-state index is -0.388. The molecule has 1 aromatic rings. The summed E-state index contributed by atoms with van der Waals surface area (Å²) >= 11 is 1.40. The van der Waals surface area contributed by atoms with Gasteiger partial charge in [0.2, 0.25) is 5.91 Å². The molecule has 1 N–H and O–H groups in total. The highest BCUT2D eigenvalue weighted by Crippen LogP contribution is 2.31. The fourth-order valence-corrected chi connectivity index (χ4v) is 2.65. The Balaban J connectivity index is 2.79. The van der Waals surface area contributed by atoms with Crippen LogP contribution in [0.5, 0.6) is 0 Å². The molecule has 0 fully saturated rings. The van der Waals surface area contributed by atoms with Gasteiger partial charge in [0.15, 0.2) is 0 Å². The van der Waals surface area contributed by atoms with Gasteiger partial charge >= 0.3 is 5.97 Å². The molecule has 0 aliphatic carbocycles. The number of amides is 1. The van der Waals surface area contributed by atoms with Crippen molar-refractivity contribution < 1.29 is 14.3 Å². The van der Waals surface area contributed by atoms with E-state index in [1.807, 2.05) is 6.92 Å². The van der Waals surface area contributed by atoms with Crippen molar-refractivity contribution in [1.29, 1.82) is 0 Å². The molecule has 1 amide bonds. The van der Waals surface area contributed by atoms with Crippen molar-refractivity contribution in [2.45, 2.75) is 48.0 Å². The molecule has 0 radical (unpaired) electrons. The summed E-state index contributed by atoms with van der Waals surface area (Å²) in [5.74, 6) is -0.199. The maximum absolute atomic E-state index is 12.2. The van der Waals surface area contributed by atoms with E-state index in [-0.39, 0.29) is 23.2 Å². The van der Waals surface area contributed by atoms with Gasteiger partial charge in [0.25, 0.3) is 0 Å². The number of hydrogen-bond acceptors (Lipinski definition) is 4. The SMILES string of the molecule is CCOC(=O)c1cc(C)sc1NC(=O)CC(C)C(C)(C)C. The molecule has 0 bridgehead atoms. The molecule has 1 heterocycles. The summed E-state index contributed by atoms with van der Waals surface area (Å²) in [6.45, 7) is 12.4. The molecule has 0 aliphatic rings. The van der Waals surface area contributed by atoms with Crippen LogP contribution in [0.3, 0.4) is 0 Å². The van der Waals surface area contributed by atoms with Crippen molar-refractivity contribution in [3.05, 3.63) is 16.5 Å². The minimum Gasteiger partial charge on any atom is -0.462 e. The largest absolute Gasteiger partial charge is 0.462 e. The average Bonchev–Trinajstić information content (AvgIpc) is 2.69. The molecule has 1 aromatic heterocycles. The van der Waals surface area contributed by atoms with Crippen molar-refractivity contribution in [3.63, 3.8) is 0 Å². The van der Waals surface area contributed by atoms with Crippen molar-refractivity contribution in [2.75, 3.05) is 11.9 Å². The lowest BCUT2D eigenvalue weighted by Gasteiger charge is -2.26. The van der Waals surface area contributed by atoms with Gasteiger partial charge in [-0.05, 0) is 31.2 Å². The summed E-state index contributed by atoms with van der Waals surface area (Å²) in [6, 6.07) is 1.76. The first-order valence-electron chi connectivity index (χ1n) is 7.22. The van der Waals surface area contributed by atoms with Crippen LogP contribution in [0.15, 0.2) is 6.07 Å². The minimum absolute atomic E-state index is 0.0650. The molecule has 0 aliphatic heterocycles. The van der Waals surface area contributed by atoms with Crippen LogP contribution in [0.25, 0.3) is 0 Å². The highest BCUT2D eigenvalue weighted by molar-refractivity contribution is 7.16. The lowest BCUT2D eigenvalue weighted by Crippen LogP contribution is -2.24. The Morgan fingerprint density at radius 1 is 1.38 bits per heavy atom. The van der Waals surface area contributed by atoms with Crippen LogP contribution in [0, 0.1) is 18.3 Å². The first-order chi connectivity index (χ1) is 9.65. The van der Waals surface area contributed by atoms with E-state index in [0.717, 1.165) is 4.88 Å². The number of carbonyl (C=O) groups is 2. The Hall–Kier alpha value is -1.36. The van der Waals surface area contributed by atoms with Crippen LogP contribution in [0.2, 0.25) is 0 Å². The molecular weight excluding hydrogens is 286 g/mol. The Kier molecular flexibility index (Phi) is 5.96. The van der Waals surface area contributed by atoms with E-state index in [1.54, 1.807) is 13.0 Å². The van der Waals surface area contributed by atoms with Gasteiger partial charge in [-0.3, -0.25) is 4.79 Å². The number of nitrogens with one attached hydrogen (secondary N) is 1. The van der Waals surface area contributed by atoms with Gasteiger partial charge in [0.05, 0.1) is 12.2 Å². The first kappa shape index (κ1) is 17.7. The summed E-state index contributed by atoms with van der Waals surface area (Å²) in [4.78, 5) is 25.0. The van der Waals surface area contributed by atoms with E-state index in [0.29, 0.717) is 23.6 Å². The number of carbonyl (C=O) groups excluding carboxylic acids is 2. The molecule has 118 valence electrons. The molecule has 0 spiro atoms. The molecule has 0 saturated heterocycles. The fraction of sp³-hybridized carbons (Fsp3) is 0.625. The molecule has 1 rings (SSSR count). The lowest BCUT2D eigenvalue weighted by molar-refractivity contribution is -0.117. The predicted molar refractivity (Wildman–Crippen MR) is 86.9 cm³/mol. The van der Waals surface area contributed by atoms with Crippen LogP contribution in [0.4, 0.5) is 5.00 Å². The summed E-state index contributed by atoms with van der Waals surface area (Å²) in [5, 5.41) is 3.43. The second-order valence-electron chi connectivity index (χ2n) is 6.34. The van der Waals surface area contributed by atoms with E-state index in [4.69, 9.17) is 4.74 Å². The van der Waals surface area contributed by atoms with Crippen molar-refractivity contribution in [1.82, 2.24) is 0 Å². The number of esters is 1. The summed E-state index contributed by atoms with van der Waals surface area (Å²) in [6.07, 6.45) is 0.433. The second kappa shape index (κ2) is 7.07. The van der Waals surface area contributed by atoms with Gasteiger partial charge in [-0.2, -0.15) is 0 Å². The quantitative estimate of drug-likeness (QED) is 0.827. The van der Waals surface area contributed by atoms with Crippen molar-refractivity contribution in [2.24, 2.45) is 11.3 Å². The van der Waals surface area contributed by atoms with Crippen molar-refractivity contribution in [3.8, 4) is 0 Å². The second-order valence-corrected chi connectivity index (χ2v) is 7.60. The fourth-order valence-electron chi connectivity index (χ4n) is 1.73. The third-order valence-electron chi connectivity index (χ3n) is 3.57. The molecular formula is C16H25NO3S. The van der Waals surface area contributed by atoms with Gasteiger partial charge in [0.1, 0.15) is 5.00 Å². The number of aryl methyl sites for hydroxylation is 1. The highest BCUT2D eigenvalue weighted by atomic mass is 32.1. The first-order valence-corrected chi connectivity index (χ1v) is 8.04. The van der Waals surface area contributed by atoms with Crippen LogP contribution in [-0.2, 0) is 9.53 Å². The van der Waals surface area contributed by atoms with E-state index >= 15 is 0 Å². The van der Waals surface area contributed by atoms with E-state index < -0.39 is 0 Å². The molecule has 4 nitrogen and oxygen atoms in total. The lowest BCUT2D eigenvalue weighted by atomic mass is 9.80. The predicted octanol–water partition coefficient (Wildman–Crippen LogP) is 4.24. The van der Waals surface area contributed by atoms with Gasteiger partial charge in [0, 0.05) is 11.3 Å². The normalized spacial score (nSPS) is 12.9. The number of rotatable bonds is 5. The van der Waals surface area contributed by atoms with E-state index in [9.17, 15) is 9.59 Å². The third-order valence-corrected chi connectivity index (χ3v) is 4.54. The maximum atomic E-state index is 12.2. The number of hydrogen-bond donors (Lipinski definition) is 1. The summed E-state index contributed by atoms with van der Waals surface area (Å²) < 4.78 is 5.02. The van der Waals surface area contributed by atoms with E-state index in [1.165, 1.54) is 11.3 Å². The van der Waals surface area contributed by atoms with Crippen LogP contribution in [0.1, 0.15) is 56.3 Å². The Labute approximate surface area is 130 Å². The van der Waals surface area contributed by atoms with Gasteiger partial charge in [-0.15, -0.1) is 11.3 Å². The molecule has 1 atom stereocenters. The zero-order valence-electron chi connectivity index (χ0n) is 13.7. The Morgan fingerprint density at radius 3 is 2.52 bits per heavy atom. The average molecular weight is 311 g/mol. The highest BCUT2D eigenvalue weighted by Gasteiger charge is 2.24. The van der Waals surface area contributed by atoms with Crippen LogP contribution < -0.4 is 5.32 Å². The molecule has 1 unspecified atom stereocenters. The summed E-state index contributed by atoms with van der Waals surface area (Å²) in [7, 11) is 0. The standard InChI is InChI=1S/C16H25NO3S/c1-7-20-15(19)12-9-11(3)21-14(12)17-13(18)8-10(2)16(4,5)6/h9-10H,7-8H2,1-6H3,(H,17,18). The zero-order chi connectivity index (χ0) is 16.2. The maximum Gasteiger partial charge on any atom is 0.341 e. The molecule has 0 saturated carbocycles. The summed E-state index contributed by atoms with van der Waals surface area (Å²) in [5.41, 5.74) is 0.517. The molecule has 5 heteroatoms. The van der Waals surface area contributed by atoms with Gasteiger partial charge in [-0.25, -0.2) is 4.79 Å². The molecule has 21 heavy (non-hydrogen) atoms. The van der Waals surface area contributed by atoms with Gasteiger partial charge < -0.3 is 10.1 Å². The monoisotopic (exact) mass is 311 g/mol. The third kappa shape index (κ3) is 5.16. The topological polar surface area (TPSA) is 55.4 Å². The Bertz CT molecular complexity index is 514. The van der Waals surface area contributed by atoms with Crippen LogP contribution in [-0.4, -0.2) is 18.5 Å². The Morgan fingerprint density at radius 2 is 2.00 bits per heavy atom. The van der Waals surface area contributed by atoms with Crippen molar-refractivity contribution >= 4 is 28.2 Å². The number of ether oxygens (including phenoxy) is 1. The number of thiophene rings is 1. The van der Waals surface area contributed by atoms with Crippen LogP contribution >= 0.6 is 11.3 Å². The number of anilines is 1. The van der Waals surface area contributed by atoms with E-state index in [2.05, 4.69) is 33.0 Å². The zero-order valence-corrected chi connectivity index (χ0v) is 14.5.